The molecule has 0 aromatic heterocycles. The smallest absolute Gasteiger partial charge is 0.335 e. The average Bonchev–Trinajstić information content (AvgIpc) is 2.26. The summed E-state index contributed by atoms with van der Waals surface area (Å²) in [6.45, 7) is 0.827. The van der Waals surface area contributed by atoms with E-state index < -0.39 is 5.97 Å². The number of nitrogen functional groups attached to an aromatic ring is 1. The van der Waals surface area contributed by atoms with Gasteiger partial charge in [0.25, 0.3) is 0 Å². The van der Waals surface area contributed by atoms with Crippen LogP contribution in [-0.4, -0.2) is 35.9 Å². The van der Waals surface area contributed by atoms with Crippen molar-refractivity contribution in [1.29, 1.82) is 0 Å². The molecule has 0 amide bonds. The highest BCUT2D eigenvalue weighted by atomic mass is 16.4. The first-order chi connectivity index (χ1) is 8.47. The number of hydrogen-bond donors (Lipinski definition) is 3. The Morgan fingerprint density at radius 2 is 2.17 bits per heavy atom. The van der Waals surface area contributed by atoms with Crippen molar-refractivity contribution in [2.45, 2.75) is 18.9 Å². The van der Waals surface area contributed by atoms with Crippen molar-refractivity contribution >= 4 is 17.3 Å². The van der Waals surface area contributed by atoms with Crippen molar-refractivity contribution in [1.82, 2.24) is 0 Å². The summed E-state index contributed by atoms with van der Waals surface area (Å²) in [5, 5.41) is 18.1. The number of aliphatic hydroxyl groups is 1. The molecule has 18 heavy (non-hydrogen) atoms. The lowest BCUT2D eigenvalue weighted by Crippen LogP contribution is -2.37. The normalized spacial score (nSPS) is 22.3. The van der Waals surface area contributed by atoms with Gasteiger partial charge in [0.1, 0.15) is 0 Å². The number of carboxylic acids is 1. The minimum atomic E-state index is -0.974. The number of aromatic carboxylic acids is 1. The van der Waals surface area contributed by atoms with Crippen molar-refractivity contribution in [3.8, 4) is 0 Å². The standard InChI is InChI=1S/C13H18N2O3/c1-15(7-8-4-10(16)5-8)12-3-2-9(13(17)18)6-11(12)14/h2-3,6,8,10,16H,4-5,7,14H2,1H3,(H,17,18). The molecule has 0 unspecified atom stereocenters. The van der Waals surface area contributed by atoms with Gasteiger partial charge in [-0.1, -0.05) is 0 Å². The fourth-order valence-electron chi connectivity index (χ4n) is 2.37. The average molecular weight is 250 g/mol. The third-order valence-corrected chi connectivity index (χ3v) is 3.43. The molecule has 5 heteroatoms. The van der Waals surface area contributed by atoms with Crippen molar-refractivity contribution < 1.29 is 15.0 Å². The summed E-state index contributed by atoms with van der Waals surface area (Å²) in [7, 11) is 1.93. The Morgan fingerprint density at radius 3 is 2.67 bits per heavy atom. The Bertz CT molecular complexity index is 456. The topological polar surface area (TPSA) is 86.8 Å². The van der Waals surface area contributed by atoms with E-state index in [-0.39, 0.29) is 11.7 Å². The Hall–Kier alpha value is -1.75. The van der Waals surface area contributed by atoms with Gasteiger partial charge < -0.3 is 20.8 Å². The third kappa shape index (κ3) is 2.56. The van der Waals surface area contributed by atoms with Gasteiger partial charge in [-0.15, -0.1) is 0 Å². The molecule has 1 aliphatic rings. The second-order valence-electron chi connectivity index (χ2n) is 4.95. The lowest BCUT2D eigenvalue weighted by molar-refractivity contribution is 0.0464. The number of carbonyl (C=O) groups is 1. The first-order valence-corrected chi connectivity index (χ1v) is 5.99. The van der Waals surface area contributed by atoms with Crippen LogP contribution in [0.3, 0.4) is 0 Å². The van der Waals surface area contributed by atoms with Crippen molar-refractivity contribution in [3.63, 3.8) is 0 Å². The van der Waals surface area contributed by atoms with E-state index >= 15 is 0 Å². The molecule has 1 saturated carbocycles. The second kappa shape index (κ2) is 4.86. The molecular weight excluding hydrogens is 232 g/mol. The van der Waals surface area contributed by atoms with Crippen LogP contribution in [0.4, 0.5) is 11.4 Å². The molecule has 1 aromatic rings. The predicted octanol–water partition coefficient (Wildman–Crippen LogP) is 1.17. The van der Waals surface area contributed by atoms with Gasteiger partial charge in [0, 0.05) is 13.6 Å². The lowest BCUT2D eigenvalue weighted by atomic mass is 9.82. The van der Waals surface area contributed by atoms with E-state index in [4.69, 9.17) is 10.8 Å². The minimum Gasteiger partial charge on any atom is -0.478 e. The molecule has 0 radical (unpaired) electrons. The highest BCUT2D eigenvalue weighted by molar-refractivity contribution is 5.90. The zero-order chi connectivity index (χ0) is 13.3. The second-order valence-corrected chi connectivity index (χ2v) is 4.95. The molecule has 0 aliphatic heterocycles. The van der Waals surface area contributed by atoms with E-state index in [9.17, 15) is 9.90 Å². The number of carboxylic acid groups (broad SMARTS) is 1. The molecule has 0 heterocycles. The van der Waals surface area contributed by atoms with Crippen LogP contribution in [0.2, 0.25) is 0 Å². The van der Waals surface area contributed by atoms with Crippen LogP contribution in [0.5, 0.6) is 0 Å². The fourth-order valence-corrected chi connectivity index (χ4v) is 2.37. The maximum absolute atomic E-state index is 10.8. The number of aliphatic hydroxyl groups excluding tert-OH is 1. The third-order valence-electron chi connectivity index (χ3n) is 3.43. The SMILES string of the molecule is CN(CC1CC(O)C1)c1ccc(C(=O)O)cc1N. The lowest BCUT2D eigenvalue weighted by Gasteiger charge is -2.35. The molecule has 1 aromatic carbocycles. The molecular formula is C13H18N2O3. The van der Waals surface area contributed by atoms with Gasteiger partial charge in [-0.25, -0.2) is 4.79 Å². The molecule has 4 N–H and O–H groups in total. The van der Waals surface area contributed by atoms with E-state index in [0.29, 0.717) is 11.6 Å². The van der Waals surface area contributed by atoms with E-state index in [0.717, 1.165) is 25.1 Å². The van der Waals surface area contributed by atoms with Gasteiger partial charge in [-0.3, -0.25) is 0 Å². The molecule has 98 valence electrons. The summed E-state index contributed by atoms with van der Waals surface area (Å²) >= 11 is 0. The Balaban J connectivity index is 2.05. The summed E-state index contributed by atoms with van der Waals surface area (Å²) in [6.07, 6.45) is 1.50. The van der Waals surface area contributed by atoms with Crippen LogP contribution in [0, 0.1) is 5.92 Å². The Morgan fingerprint density at radius 1 is 1.50 bits per heavy atom. The number of rotatable bonds is 4. The molecule has 0 spiro atoms. The van der Waals surface area contributed by atoms with Crippen LogP contribution in [0.15, 0.2) is 18.2 Å². The quantitative estimate of drug-likeness (QED) is 0.698. The van der Waals surface area contributed by atoms with Gasteiger partial charge in [0.15, 0.2) is 0 Å². The van der Waals surface area contributed by atoms with E-state index in [2.05, 4.69) is 0 Å². The van der Waals surface area contributed by atoms with Crippen LogP contribution in [0.1, 0.15) is 23.2 Å². The van der Waals surface area contributed by atoms with Crippen LogP contribution < -0.4 is 10.6 Å². The first-order valence-electron chi connectivity index (χ1n) is 5.99. The van der Waals surface area contributed by atoms with E-state index in [1.54, 1.807) is 12.1 Å². The molecule has 1 aliphatic carbocycles. The van der Waals surface area contributed by atoms with Crippen LogP contribution in [-0.2, 0) is 0 Å². The Labute approximate surface area is 106 Å². The Kier molecular flexibility index (Phi) is 3.43. The van der Waals surface area contributed by atoms with Crippen LogP contribution >= 0.6 is 0 Å². The summed E-state index contributed by atoms with van der Waals surface area (Å²) in [5.41, 5.74) is 7.37. The molecule has 5 nitrogen and oxygen atoms in total. The zero-order valence-corrected chi connectivity index (χ0v) is 10.3. The summed E-state index contributed by atoms with van der Waals surface area (Å²) < 4.78 is 0. The summed E-state index contributed by atoms with van der Waals surface area (Å²) in [5.74, 6) is -0.485. The monoisotopic (exact) mass is 250 g/mol. The summed E-state index contributed by atoms with van der Waals surface area (Å²) in [6, 6.07) is 4.76. The molecule has 2 rings (SSSR count). The van der Waals surface area contributed by atoms with Gasteiger partial charge in [-0.05, 0) is 37.0 Å². The molecule has 1 fully saturated rings. The largest absolute Gasteiger partial charge is 0.478 e. The van der Waals surface area contributed by atoms with Crippen molar-refractivity contribution in [3.05, 3.63) is 23.8 Å². The number of nitrogens with zero attached hydrogens (tertiary/aromatic N) is 1. The van der Waals surface area contributed by atoms with E-state index in [1.807, 2.05) is 11.9 Å². The minimum absolute atomic E-state index is 0.157. The van der Waals surface area contributed by atoms with Gasteiger partial charge in [-0.2, -0.15) is 0 Å². The number of hydrogen-bond acceptors (Lipinski definition) is 4. The summed E-state index contributed by atoms with van der Waals surface area (Å²) in [4.78, 5) is 12.8. The number of benzene rings is 1. The zero-order valence-electron chi connectivity index (χ0n) is 10.3. The molecule has 0 atom stereocenters. The molecule has 0 saturated heterocycles. The van der Waals surface area contributed by atoms with Gasteiger partial charge >= 0.3 is 5.97 Å². The van der Waals surface area contributed by atoms with Gasteiger partial charge in [0.2, 0.25) is 0 Å². The van der Waals surface area contributed by atoms with Crippen molar-refractivity contribution in [2.75, 3.05) is 24.2 Å². The highest BCUT2D eigenvalue weighted by Crippen LogP contribution is 2.31. The maximum Gasteiger partial charge on any atom is 0.335 e. The fraction of sp³-hybridized carbons (Fsp3) is 0.462. The van der Waals surface area contributed by atoms with Crippen molar-refractivity contribution in [2.24, 2.45) is 5.92 Å². The number of nitrogens with two attached hydrogens (primary N) is 1. The predicted molar refractivity (Wildman–Crippen MR) is 69.8 cm³/mol. The first kappa shape index (κ1) is 12.7. The van der Waals surface area contributed by atoms with Crippen LogP contribution in [0.25, 0.3) is 0 Å². The van der Waals surface area contributed by atoms with E-state index in [1.165, 1.54) is 6.07 Å². The maximum atomic E-state index is 10.8. The van der Waals surface area contributed by atoms with Gasteiger partial charge in [0.05, 0.1) is 23.0 Å². The highest BCUT2D eigenvalue weighted by Gasteiger charge is 2.28. The number of anilines is 2. The molecule has 0 bridgehead atoms.